The van der Waals surface area contributed by atoms with Crippen LogP contribution < -0.4 is 14.5 Å². The molecule has 0 bridgehead atoms. The van der Waals surface area contributed by atoms with Crippen LogP contribution in [-0.2, 0) is 19.1 Å². The van der Waals surface area contributed by atoms with Gasteiger partial charge in [-0.1, -0.05) is 29.8 Å². The first-order chi connectivity index (χ1) is 21.1. The maximum absolute atomic E-state index is 14.1. The molecule has 8 nitrogen and oxygen atoms in total. The molecule has 1 aromatic heterocycles. The maximum Gasteiger partial charge on any atom is 0.419 e. The van der Waals surface area contributed by atoms with Crippen molar-refractivity contribution in [2.75, 3.05) is 63.2 Å². The Hall–Kier alpha value is -3.07. The van der Waals surface area contributed by atoms with Gasteiger partial charge >= 0.3 is 12.2 Å². The Morgan fingerprint density at radius 1 is 1.16 bits per heavy atom. The third-order valence-corrected chi connectivity index (χ3v) is 9.45. The molecule has 1 aromatic carbocycles. The molecule has 0 N–H and O–H groups in total. The van der Waals surface area contributed by atoms with Crippen molar-refractivity contribution < 1.29 is 17.9 Å². The average molecular weight is 632 g/mol. The van der Waals surface area contributed by atoms with Crippen LogP contribution in [0.15, 0.2) is 30.4 Å². The molecule has 0 unspecified atom stereocenters. The van der Waals surface area contributed by atoms with Crippen molar-refractivity contribution in [2.45, 2.75) is 63.8 Å². The van der Waals surface area contributed by atoms with Crippen LogP contribution >= 0.6 is 11.6 Å². The van der Waals surface area contributed by atoms with E-state index < -0.39 is 11.7 Å². The molecule has 1 saturated carbocycles. The maximum atomic E-state index is 14.1. The van der Waals surface area contributed by atoms with E-state index in [0.29, 0.717) is 56.7 Å². The van der Waals surface area contributed by atoms with Gasteiger partial charge < -0.3 is 19.4 Å². The van der Waals surface area contributed by atoms with Gasteiger partial charge in [0.25, 0.3) is 0 Å². The summed E-state index contributed by atoms with van der Waals surface area (Å²) in [5.41, 5.74) is 0.806. The number of fused-ring (bicyclic) bond motifs is 1. The van der Waals surface area contributed by atoms with Crippen LogP contribution in [0.1, 0.15) is 49.4 Å². The van der Waals surface area contributed by atoms with Crippen LogP contribution in [-0.4, -0.2) is 85.3 Å². The highest BCUT2D eigenvalue weighted by Gasteiger charge is 2.39. The monoisotopic (exact) mass is 631 g/mol. The molecule has 0 radical (unpaired) electrons. The van der Waals surface area contributed by atoms with Crippen molar-refractivity contribution in [1.29, 1.82) is 5.26 Å². The smallest absolute Gasteiger partial charge is 0.419 e. The van der Waals surface area contributed by atoms with Crippen molar-refractivity contribution >= 4 is 23.1 Å². The summed E-state index contributed by atoms with van der Waals surface area (Å²) in [6, 6.07) is 7.43. The summed E-state index contributed by atoms with van der Waals surface area (Å²) in [5.74, 6) is 1.15. The van der Waals surface area contributed by atoms with E-state index in [9.17, 15) is 18.4 Å². The number of hydrogen-bond donors (Lipinski definition) is 0. The van der Waals surface area contributed by atoms with Gasteiger partial charge in [0.15, 0.2) is 0 Å². The van der Waals surface area contributed by atoms with Crippen molar-refractivity contribution in [3.05, 3.63) is 52.2 Å². The molecule has 2 aromatic rings. The van der Waals surface area contributed by atoms with Gasteiger partial charge in [-0.25, -0.2) is 0 Å². The van der Waals surface area contributed by atoms with Gasteiger partial charge in [-0.15, -0.1) is 0 Å². The minimum atomic E-state index is -4.59. The molecular weight excluding hydrogens is 591 g/mol. The predicted octanol–water partition coefficient (Wildman–Crippen LogP) is 5.80. The summed E-state index contributed by atoms with van der Waals surface area (Å²) < 4.78 is 48.4. The molecular formula is C32H41ClF3N7O. The molecule has 238 valence electrons. The Morgan fingerprint density at radius 2 is 1.98 bits per heavy atom. The highest BCUT2D eigenvalue weighted by atomic mass is 35.5. The fourth-order valence-electron chi connectivity index (χ4n) is 6.70. The van der Waals surface area contributed by atoms with Gasteiger partial charge in [0.05, 0.1) is 47.6 Å². The number of nitrogens with zero attached hydrogens (tertiary/aromatic N) is 7. The van der Waals surface area contributed by atoms with Gasteiger partial charge in [0, 0.05) is 50.4 Å². The Balaban J connectivity index is 1.45. The van der Waals surface area contributed by atoms with E-state index in [2.05, 4.69) is 40.9 Å². The lowest BCUT2D eigenvalue weighted by Crippen LogP contribution is -2.53. The standard InChI is InChI=1S/C32H41ClF3N7O/c1-4-5-14-41-16-17-43(19-24(41)11-13-37)30-25-12-15-42(28-8-6-7-26(33)29(28)32(34,35)36)20-27(25)38-31(39-30)44-21-22-9-10-23(18-22)40(2)3/h4-8,22-24H,9-12,14-21H2,1-3H3/b5-4+/t22-,23+,24-/m0/s1. The van der Waals surface area contributed by atoms with Crippen molar-refractivity contribution in [1.82, 2.24) is 19.8 Å². The Bertz CT molecular complexity index is 1380. The number of alkyl halides is 3. The molecule has 12 heteroatoms. The Labute approximate surface area is 263 Å². The van der Waals surface area contributed by atoms with Crippen LogP contribution in [0.4, 0.5) is 24.7 Å². The molecule has 1 saturated heterocycles. The van der Waals surface area contributed by atoms with Gasteiger partial charge in [-0.2, -0.15) is 28.4 Å². The first kappa shape index (κ1) is 32.3. The molecule has 2 fully saturated rings. The van der Waals surface area contributed by atoms with E-state index in [-0.39, 0.29) is 29.3 Å². The van der Waals surface area contributed by atoms with Crippen LogP contribution in [0.25, 0.3) is 0 Å². The number of allylic oxidation sites excluding steroid dienone is 1. The summed E-state index contributed by atoms with van der Waals surface area (Å²) in [7, 11) is 4.20. The molecule has 44 heavy (non-hydrogen) atoms. The Kier molecular flexibility index (Phi) is 10.2. The molecule has 3 atom stereocenters. The zero-order valence-electron chi connectivity index (χ0n) is 25.7. The summed E-state index contributed by atoms with van der Waals surface area (Å²) in [4.78, 5) is 18.2. The van der Waals surface area contributed by atoms with Crippen LogP contribution in [0.5, 0.6) is 6.01 Å². The highest BCUT2D eigenvalue weighted by Crippen LogP contribution is 2.43. The number of halogens is 4. The summed E-state index contributed by atoms with van der Waals surface area (Å²) in [5, 5.41) is 9.24. The molecule has 0 amide bonds. The van der Waals surface area contributed by atoms with E-state index in [1.807, 2.05) is 13.0 Å². The fraction of sp³-hybridized carbons (Fsp3) is 0.594. The number of benzene rings is 1. The lowest BCUT2D eigenvalue weighted by Gasteiger charge is -2.42. The van der Waals surface area contributed by atoms with Crippen LogP contribution in [0.3, 0.4) is 0 Å². The van der Waals surface area contributed by atoms with Gasteiger partial charge in [-0.05, 0) is 64.8 Å². The second-order valence-electron chi connectivity index (χ2n) is 12.2. The fourth-order valence-corrected chi connectivity index (χ4v) is 6.98. The minimum Gasteiger partial charge on any atom is -0.463 e. The van der Waals surface area contributed by atoms with Crippen molar-refractivity contribution in [3.8, 4) is 12.1 Å². The van der Waals surface area contributed by atoms with Crippen molar-refractivity contribution in [2.24, 2.45) is 5.92 Å². The Morgan fingerprint density at radius 3 is 2.68 bits per heavy atom. The van der Waals surface area contributed by atoms with E-state index >= 15 is 0 Å². The van der Waals surface area contributed by atoms with Crippen molar-refractivity contribution in [3.63, 3.8) is 0 Å². The first-order valence-electron chi connectivity index (χ1n) is 15.4. The minimum absolute atomic E-state index is 0.0299. The molecule has 5 rings (SSSR count). The summed E-state index contributed by atoms with van der Waals surface area (Å²) >= 11 is 6.07. The number of aromatic nitrogens is 2. The predicted molar refractivity (Wildman–Crippen MR) is 166 cm³/mol. The lowest BCUT2D eigenvalue weighted by molar-refractivity contribution is -0.137. The number of piperazine rings is 1. The summed E-state index contributed by atoms with van der Waals surface area (Å²) in [6.07, 6.45) is 3.61. The molecule has 3 heterocycles. The molecule has 1 aliphatic carbocycles. The lowest BCUT2D eigenvalue weighted by atomic mass is 10.0. The SMILES string of the molecule is C/C=C/CN1CCN(c2nc(OC[C@H]3CC[C@@H](N(C)C)C3)nc3c2CCN(c2cccc(Cl)c2C(F)(F)F)C3)C[C@@H]1CC#N. The van der Waals surface area contributed by atoms with Crippen LogP contribution in [0.2, 0.25) is 5.02 Å². The zero-order valence-corrected chi connectivity index (χ0v) is 26.4. The third-order valence-electron chi connectivity index (χ3n) is 9.14. The highest BCUT2D eigenvalue weighted by molar-refractivity contribution is 6.31. The molecule has 0 spiro atoms. The van der Waals surface area contributed by atoms with Crippen LogP contribution in [0, 0.1) is 17.2 Å². The quantitative estimate of drug-likeness (QED) is 0.322. The normalized spacial score (nSPS) is 22.9. The van der Waals surface area contributed by atoms with Gasteiger partial charge in [0.2, 0.25) is 0 Å². The van der Waals surface area contributed by atoms with Gasteiger partial charge in [-0.3, -0.25) is 4.90 Å². The molecule has 2 aliphatic heterocycles. The number of hydrogen-bond acceptors (Lipinski definition) is 8. The zero-order chi connectivity index (χ0) is 31.4. The number of nitriles is 1. The topological polar surface area (TPSA) is 71.8 Å². The van der Waals surface area contributed by atoms with E-state index in [4.69, 9.17) is 26.3 Å². The third kappa shape index (κ3) is 7.24. The second-order valence-corrected chi connectivity index (χ2v) is 12.6. The van der Waals surface area contributed by atoms with E-state index in [1.54, 1.807) is 11.0 Å². The summed E-state index contributed by atoms with van der Waals surface area (Å²) in [6.45, 7) is 5.90. The number of ether oxygens (including phenoxy) is 1. The van der Waals surface area contributed by atoms with E-state index in [0.717, 1.165) is 43.7 Å². The number of anilines is 2. The van der Waals surface area contributed by atoms with Gasteiger partial charge in [0.1, 0.15) is 5.82 Å². The first-order valence-corrected chi connectivity index (χ1v) is 15.7. The van der Waals surface area contributed by atoms with E-state index in [1.165, 1.54) is 12.1 Å². The average Bonchev–Trinajstić information content (AvgIpc) is 3.48. The molecule has 3 aliphatic rings. The number of rotatable bonds is 9. The second kappa shape index (κ2) is 13.9. The largest absolute Gasteiger partial charge is 0.463 e.